The summed E-state index contributed by atoms with van der Waals surface area (Å²) in [5.41, 5.74) is 2.27. The van der Waals surface area contributed by atoms with Gasteiger partial charge in [-0.05, 0) is 55.3 Å². The molecule has 0 aliphatic rings. The Kier molecular flexibility index (Phi) is 7.27. The van der Waals surface area contributed by atoms with Gasteiger partial charge in [-0.25, -0.2) is 0 Å². The van der Waals surface area contributed by atoms with Gasteiger partial charge >= 0.3 is 0 Å². The maximum absolute atomic E-state index is 12.1. The predicted molar refractivity (Wildman–Crippen MR) is 107 cm³/mol. The summed E-state index contributed by atoms with van der Waals surface area (Å²) in [5, 5.41) is 11.9. The summed E-state index contributed by atoms with van der Waals surface area (Å²) in [4.78, 5) is 12.1. The smallest absolute Gasteiger partial charge is 0.248 e. The second-order valence-corrected chi connectivity index (χ2v) is 6.46. The molecule has 0 spiro atoms. The monoisotopic (exact) mass is 384 g/mol. The van der Waals surface area contributed by atoms with Gasteiger partial charge in [0.1, 0.15) is 0 Å². The molecule has 0 fully saturated rings. The quantitative estimate of drug-likeness (QED) is 0.692. The van der Waals surface area contributed by atoms with Gasteiger partial charge in [-0.3, -0.25) is 4.79 Å². The van der Waals surface area contributed by atoms with Crippen LogP contribution in [0.4, 0.5) is 5.69 Å². The molecule has 2 aromatic rings. The third-order valence-electron chi connectivity index (χ3n) is 3.54. The van der Waals surface area contributed by atoms with Gasteiger partial charge in [0.15, 0.2) is 11.5 Å². The lowest BCUT2D eigenvalue weighted by molar-refractivity contribution is -0.111. The Morgan fingerprint density at radius 1 is 1.30 bits per heavy atom. The second kappa shape index (κ2) is 9.65. The summed E-state index contributed by atoms with van der Waals surface area (Å²) in [6, 6.07) is 12.7. The van der Waals surface area contributed by atoms with Crippen molar-refractivity contribution in [3.63, 3.8) is 0 Å². The van der Waals surface area contributed by atoms with Gasteiger partial charge < -0.3 is 14.8 Å². The van der Waals surface area contributed by atoms with E-state index in [1.807, 2.05) is 13.8 Å². The van der Waals surface area contributed by atoms with Crippen molar-refractivity contribution in [2.24, 2.45) is 0 Å². The molecular formula is C21H21ClN2O3. The molecule has 0 saturated carbocycles. The Labute approximate surface area is 164 Å². The lowest BCUT2D eigenvalue weighted by Gasteiger charge is -2.15. The van der Waals surface area contributed by atoms with E-state index in [2.05, 4.69) is 11.4 Å². The molecule has 0 saturated heterocycles. The van der Waals surface area contributed by atoms with Crippen LogP contribution >= 0.6 is 11.6 Å². The number of halogens is 1. The first-order valence-electron chi connectivity index (χ1n) is 8.42. The van der Waals surface area contributed by atoms with E-state index in [0.29, 0.717) is 34.2 Å². The largest absolute Gasteiger partial charge is 0.493 e. The standard InChI is InChI=1S/C21H21ClN2O3/c1-14(2)27-21-18(22)12-16(13-19(21)26-3)6-9-20(25)24-17-7-4-15(5-8-17)10-11-23/h4-9,12-14H,10H2,1-3H3,(H,24,25)/b9-6+. The van der Waals surface area contributed by atoms with Crippen LogP contribution in [-0.4, -0.2) is 19.1 Å². The van der Waals surface area contributed by atoms with Crippen LogP contribution in [0.25, 0.3) is 6.08 Å². The minimum Gasteiger partial charge on any atom is -0.493 e. The lowest BCUT2D eigenvalue weighted by Crippen LogP contribution is -2.08. The Hall–Kier alpha value is -2.97. The fourth-order valence-electron chi connectivity index (χ4n) is 2.34. The number of amides is 1. The molecule has 0 aliphatic carbocycles. The summed E-state index contributed by atoms with van der Waals surface area (Å²) >= 11 is 6.28. The topological polar surface area (TPSA) is 71.3 Å². The van der Waals surface area contributed by atoms with Crippen LogP contribution in [0.2, 0.25) is 5.02 Å². The van der Waals surface area contributed by atoms with Crippen molar-refractivity contribution >= 4 is 29.3 Å². The maximum Gasteiger partial charge on any atom is 0.248 e. The van der Waals surface area contributed by atoms with Crippen LogP contribution in [0.1, 0.15) is 25.0 Å². The highest BCUT2D eigenvalue weighted by Gasteiger charge is 2.12. The SMILES string of the molecule is COc1cc(/C=C/C(=O)Nc2ccc(CC#N)cc2)cc(Cl)c1OC(C)C. The number of benzene rings is 2. The first-order chi connectivity index (χ1) is 12.9. The summed E-state index contributed by atoms with van der Waals surface area (Å²) in [6.45, 7) is 3.81. The highest BCUT2D eigenvalue weighted by molar-refractivity contribution is 6.32. The van der Waals surface area contributed by atoms with E-state index in [1.54, 1.807) is 42.5 Å². The molecule has 6 heteroatoms. The Bertz CT molecular complexity index is 868. The van der Waals surface area contributed by atoms with Crippen LogP contribution in [0.5, 0.6) is 11.5 Å². The van der Waals surface area contributed by atoms with Crippen LogP contribution in [0, 0.1) is 11.3 Å². The molecule has 2 aromatic carbocycles. The fourth-order valence-corrected chi connectivity index (χ4v) is 2.60. The highest BCUT2D eigenvalue weighted by atomic mass is 35.5. The summed E-state index contributed by atoms with van der Waals surface area (Å²) in [7, 11) is 1.54. The molecule has 0 unspecified atom stereocenters. The number of ether oxygens (including phenoxy) is 2. The zero-order chi connectivity index (χ0) is 19.8. The van der Waals surface area contributed by atoms with Gasteiger partial charge in [0.05, 0.1) is 30.7 Å². The van der Waals surface area contributed by atoms with Crippen molar-refractivity contribution < 1.29 is 14.3 Å². The molecule has 140 valence electrons. The maximum atomic E-state index is 12.1. The number of nitrogens with zero attached hydrogens (tertiary/aromatic N) is 1. The van der Waals surface area contributed by atoms with Crippen LogP contribution in [0.3, 0.4) is 0 Å². The first-order valence-corrected chi connectivity index (χ1v) is 8.80. The number of carbonyl (C=O) groups excluding carboxylic acids is 1. The molecule has 5 nitrogen and oxygen atoms in total. The number of rotatable bonds is 7. The molecular weight excluding hydrogens is 364 g/mol. The van der Waals surface area contributed by atoms with E-state index < -0.39 is 0 Å². The first kappa shape index (κ1) is 20.3. The zero-order valence-corrected chi connectivity index (χ0v) is 16.2. The molecule has 0 radical (unpaired) electrons. The fraction of sp³-hybridized carbons (Fsp3) is 0.238. The number of anilines is 1. The minimum absolute atomic E-state index is 0.0388. The van der Waals surface area contributed by atoms with Crippen LogP contribution < -0.4 is 14.8 Å². The van der Waals surface area contributed by atoms with Gasteiger partial charge in [0.25, 0.3) is 0 Å². The van der Waals surface area contributed by atoms with Crippen molar-refractivity contribution in [1.82, 2.24) is 0 Å². The Balaban J connectivity index is 2.09. The van der Waals surface area contributed by atoms with E-state index in [0.717, 1.165) is 5.56 Å². The summed E-state index contributed by atoms with van der Waals surface area (Å²) in [6.07, 6.45) is 3.36. The number of nitrogens with one attached hydrogen (secondary N) is 1. The van der Waals surface area contributed by atoms with E-state index in [9.17, 15) is 4.79 Å². The average Bonchev–Trinajstić information content (AvgIpc) is 2.63. The predicted octanol–water partition coefficient (Wildman–Crippen LogP) is 4.85. The number of hydrogen-bond donors (Lipinski definition) is 1. The number of hydrogen-bond acceptors (Lipinski definition) is 4. The second-order valence-electron chi connectivity index (χ2n) is 6.06. The Morgan fingerprint density at radius 3 is 2.59 bits per heavy atom. The molecule has 27 heavy (non-hydrogen) atoms. The summed E-state index contributed by atoms with van der Waals surface area (Å²) < 4.78 is 11.0. The number of carbonyl (C=O) groups is 1. The lowest BCUT2D eigenvalue weighted by atomic mass is 10.1. The molecule has 2 rings (SSSR count). The highest BCUT2D eigenvalue weighted by Crippen LogP contribution is 2.37. The molecule has 1 N–H and O–H groups in total. The average molecular weight is 385 g/mol. The van der Waals surface area contributed by atoms with Crippen molar-refractivity contribution in [2.45, 2.75) is 26.4 Å². The minimum atomic E-state index is -0.277. The third-order valence-corrected chi connectivity index (χ3v) is 3.82. The van der Waals surface area contributed by atoms with Crippen molar-refractivity contribution in [2.75, 3.05) is 12.4 Å². The third kappa shape index (κ3) is 6.05. The van der Waals surface area contributed by atoms with Gasteiger partial charge in [0.2, 0.25) is 5.91 Å². The van der Waals surface area contributed by atoms with Gasteiger partial charge in [-0.15, -0.1) is 0 Å². The van der Waals surface area contributed by atoms with E-state index in [1.165, 1.54) is 13.2 Å². The molecule has 0 atom stereocenters. The normalized spacial score (nSPS) is 10.7. The Morgan fingerprint density at radius 2 is 2.00 bits per heavy atom. The number of methoxy groups -OCH3 is 1. The van der Waals surface area contributed by atoms with Crippen LogP contribution in [-0.2, 0) is 11.2 Å². The van der Waals surface area contributed by atoms with E-state index in [-0.39, 0.29) is 12.0 Å². The van der Waals surface area contributed by atoms with Crippen molar-refractivity contribution in [1.29, 1.82) is 5.26 Å². The van der Waals surface area contributed by atoms with Gasteiger partial charge in [-0.1, -0.05) is 23.7 Å². The number of nitriles is 1. The summed E-state index contributed by atoms with van der Waals surface area (Å²) in [5.74, 6) is 0.707. The molecule has 0 aliphatic heterocycles. The van der Waals surface area contributed by atoms with Crippen LogP contribution in [0.15, 0.2) is 42.5 Å². The van der Waals surface area contributed by atoms with Crippen molar-refractivity contribution in [3.8, 4) is 17.6 Å². The molecule has 0 aromatic heterocycles. The van der Waals surface area contributed by atoms with E-state index in [4.69, 9.17) is 26.3 Å². The van der Waals surface area contributed by atoms with Gasteiger partial charge in [0, 0.05) is 11.8 Å². The zero-order valence-electron chi connectivity index (χ0n) is 15.5. The molecule has 1 amide bonds. The van der Waals surface area contributed by atoms with Crippen molar-refractivity contribution in [3.05, 3.63) is 58.6 Å². The molecule has 0 bridgehead atoms. The van der Waals surface area contributed by atoms with Gasteiger partial charge in [-0.2, -0.15) is 5.26 Å². The van der Waals surface area contributed by atoms with E-state index >= 15 is 0 Å². The molecule has 0 heterocycles.